The van der Waals surface area contributed by atoms with Crippen molar-refractivity contribution in [2.45, 2.75) is 59.5 Å². The lowest BCUT2D eigenvalue weighted by Gasteiger charge is -2.47. The van der Waals surface area contributed by atoms with Crippen molar-refractivity contribution in [1.82, 2.24) is 121 Å². The molecular formula is C108H111N25O12. The van der Waals surface area contributed by atoms with Gasteiger partial charge in [-0.25, -0.2) is 49.8 Å². The molecule has 3 N–H and O–H groups in total. The normalized spacial score (nSPS) is 15.1. The van der Waals surface area contributed by atoms with Crippen molar-refractivity contribution < 1.29 is 56.3 Å². The third kappa shape index (κ3) is 20.3. The van der Waals surface area contributed by atoms with Crippen molar-refractivity contribution in [3.63, 3.8) is 0 Å². The molecule has 5 amide bonds. The third-order valence-electron chi connectivity index (χ3n) is 27.5. The van der Waals surface area contributed by atoms with Crippen molar-refractivity contribution in [1.29, 1.82) is 0 Å². The van der Waals surface area contributed by atoms with Crippen LogP contribution in [0, 0.1) is 34.6 Å². The Kier molecular flexibility index (Phi) is 26.8. The van der Waals surface area contributed by atoms with Crippen LogP contribution in [0.15, 0.2) is 236 Å². The van der Waals surface area contributed by atoms with Gasteiger partial charge in [-0.3, -0.25) is 55.8 Å². The number of carbonyl (C=O) groups is 5. The van der Waals surface area contributed by atoms with Gasteiger partial charge in [0.15, 0.2) is 57.4 Å². The van der Waals surface area contributed by atoms with Gasteiger partial charge in [0.05, 0.1) is 44.2 Å². The van der Waals surface area contributed by atoms with Crippen LogP contribution in [0.3, 0.4) is 0 Å². The van der Waals surface area contributed by atoms with E-state index in [1.54, 1.807) is 41.0 Å². The largest absolute Gasteiger partial charge is 0.441 e. The SMILES string of the molecule is Cc1nc2cc(-c3ccc4ncc(C(=O)N(CCO)CCO)n4c3)ccc2o1.Cc1nc2cc(-c3ccc4ncc(C(=O)N5CC(N6CCN(C)CC6)C5)n4c3)ccc2o1.Cc1nc2cc(-c3ccc4ncc(C(=O)N5CC5)n4c3)ccc2o1.Cc1nc2cc(-c3ccc4ncc(C(=O)N5CCC(N(C)C)CC5)n4c3)ccc2o1.Cc1nc2cc(-c3ccc4ncc(C(=O)NCCN5CCN(C)CC5)n4c3)ccc2o1. The van der Waals surface area contributed by atoms with Crippen LogP contribution < -0.4 is 5.32 Å². The van der Waals surface area contributed by atoms with Gasteiger partial charge in [0.2, 0.25) is 0 Å². The van der Waals surface area contributed by atoms with Gasteiger partial charge >= 0.3 is 0 Å². The minimum atomic E-state index is -0.296. The van der Waals surface area contributed by atoms with Crippen LogP contribution in [0.25, 0.3) is 139 Å². The van der Waals surface area contributed by atoms with Crippen LogP contribution >= 0.6 is 0 Å². The number of aromatic nitrogens is 15. The first-order valence-corrected chi connectivity index (χ1v) is 48.8. The number of aliphatic hydroxyl groups excluding tert-OH is 2. The van der Waals surface area contributed by atoms with Crippen LogP contribution in [0.2, 0.25) is 0 Å². The Morgan fingerprint density at radius 2 is 0.655 bits per heavy atom. The number of piperidine rings is 1. The van der Waals surface area contributed by atoms with Crippen molar-refractivity contribution in [3.8, 4) is 55.6 Å². The van der Waals surface area contributed by atoms with Gasteiger partial charge in [-0.05, 0) is 218 Å². The zero-order valence-corrected chi connectivity index (χ0v) is 82.1. The topological polar surface area (TPSA) is 383 Å². The van der Waals surface area contributed by atoms with E-state index in [9.17, 15) is 34.2 Å². The van der Waals surface area contributed by atoms with Gasteiger partial charge in [0.1, 0.15) is 84.3 Å². The smallest absolute Gasteiger partial charge is 0.272 e. The predicted molar refractivity (Wildman–Crippen MR) is 548 cm³/mol. The number of carbonyl (C=O) groups excluding carboxylic acids is 5. The fourth-order valence-corrected chi connectivity index (χ4v) is 19.2. The number of likely N-dealkylation sites (N-methyl/N-ethyl adjacent to an activating group) is 2. The number of fused-ring (bicyclic) bond motifs is 10. The molecule has 25 rings (SSSR count). The molecule has 0 spiro atoms. The molecule has 0 atom stereocenters. The number of oxazole rings is 5. The standard InChI is InChI=1S/C24H26N6O2.C23H26N6O2.C23H25N5O2.C20H20N4O4.C18H14N4O2/c1-16-26-20-11-17(3-5-22(20)32-16)18-4-6-23-25-12-21(30(23)13-18)24(31)29-14-19(15-29)28-9-7-27(2)8-10-28;1-16-26-19-13-17(3-5-21(19)31-16)18-4-6-22-25-14-20(29(22)15-18)23(30)24-7-8-28-11-9-27(2)10-12-28;1-15-25-19-12-16(4-6-21(19)30-15)17-5-7-22-24-13-20(28(22)14-17)23(29)27-10-8-18(9-11-27)26(2)3;1-13-22-16-10-14(2-4-18(16)28-13)15-3-5-19-21-11-17(24(19)12-15)20(27)23(6-8-25)7-9-26;1-11-20-14-8-12(2-4-16(14)24-11)13-3-5-17-19-9-15(22(17)10-13)18(23)21-6-7-21/h3-6,11-13,19H,7-10,14-15H2,1-2H3;3-6,13-15H,7-12H2,1-2H3,(H,24,30);4-7,12-14,18H,8-11H2,1-3H3;2-5,10-12,25-26H,6-9H2,1H3;2-5,8-10H,6-7H2,1H3. The van der Waals surface area contributed by atoms with Gasteiger partial charge in [-0.15, -0.1) is 0 Å². The molecular weight excluding hydrogens is 1840 g/mol. The zero-order chi connectivity index (χ0) is 100.0. The molecule has 740 valence electrons. The second-order valence-electron chi connectivity index (χ2n) is 37.6. The lowest BCUT2D eigenvalue weighted by atomic mass is 10.0. The van der Waals surface area contributed by atoms with Crippen LogP contribution in [-0.4, -0.2) is 327 Å². The molecule has 20 heterocycles. The number of aliphatic hydroxyl groups is 2. The minimum Gasteiger partial charge on any atom is -0.441 e. The minimum absolute atomic E-state index is 0.0298. The number of nitrogens with zero attached hydrogens (tertiary/aromatic N) is 24. The number of imidazole rings is 5. The zero-order valence-electron chi connectivity index (χ0n) is 82.1. The van der Waals surface area contributed by atoms with Crippen molar-refractivity contribution >= 4 is 113 Å². The summed E-state index contributed by atoms with van der Waals surface area (Å²) in [4.78, 5) is 127. The van der Waals surface area contributed by atoms with E-state index in [1.807, 2.05) is 238 Å². The van der Waals surface area contributed by atoms with E-state index in [1.165, 1.54) is 11.1 Å². The van der Waals surface area contributed by atoms with E-state index in [2.05, 4.69) is 108 Å². The molecule has 0 bridgehead atoms. The monoisotopic (exact) mass is 1950 g/mol. The summed E-state index contributed by atoms with van der Waals surface area (Å²) in [6.45, 7) is 24.0. The second-order valence-corrected chi connectivity index (χ2v) is 37.6. The average Bonchev–Trinajstić information content (AvgIpc) is 1.71. The summed E-state index contributed by atoms with van der Waals surface area (Å²) in [5.74, 6) is 2.92. The molecule has 5 aromatic carbocycles. The van der Waals surface area contributed by atoms with Gasteiger partial charge in [0, 0.05) is 195 Å². The van der Waals surface area contributed by atoms with Crippen LogP contribution in [0.4, 0.5) is 0 Å². The Balaban J connectivity index is 0.000000107. The summed E-state index contributed by atoms with van der Waals surface area (Å²) in [6.07, 6.45) is 19.9. The number of piperazine rings is 2. The molecule has 145 heavy (non-hydrogen) atoms. The Hall–Kier alpha value is -16.0. The van der Waals surface area contributed by atoms with E-state index in [-0.39, 0.29) is 55.8 Å². The molecule has 5 aliphatic rings. The summed E-state index contributed by atoms with van der Waals surface area (Å²) < 4.78 is 37.0. The molecule has 20 aromatic rings. The van der Waals surface area contributed by atoms with E-state index in [0.717, 1.165) is 245 Å². The first-order valence-electron chi connectivity index (χ1n) is 48.8. The molecule has 0 aliphatic carbocycles. The first kappa shape index (κ1) is 95.2. The van der Waals surface area contributed by atoms with Gasteiger partial charge in [-0.1, -0.05) is 30.3 Å². The molecule has 37 heteroatoms. The van der Waals surface area contributed by atoms with E-state index >= 15 is 0 Å². The Bertz CT molecular complexity index is 8230. The van der Waals surface area contributed by atoms with Crippen LogP contribution in [0.5, 0.6) is 0 Å². The van der Waals surface area contributed by atoms with Gasteiger partial charge in [0.25, 0.3) is 29.5 Å². The quantitative estimate of drug-likeness (QED) is 0.0633. The van der Waals surface area contributed by atoms with Gasteiger partial charge in [-0.2, -0.15) is 0 Å². The summed E-state index contributed by atoms with van der Waals surface area (Å²) in [5.41, 5.74) is 24.2. The number of pyridine rings is 5. The first-order chi connectivity index (χ1) is 70.4. The number of benzene rings is 5. The molecule has 5 aliphatic heterocycles. The van der Waals surface area contributed by atoms with Crippen molar-refractivity contribution in [2.75, 3.05) is 159 Å². The molecule has 0 radical (unpaired) electrons. The highest BCUT2D eigenvalue weighted by Crippen LogP contribution is 2.35. The lowest BCUT2D eigenvalue weighted by molar-refractivity contribution is 0.0106. The summed E-state index contributed by atoms with van der Waals surface area (Å²) in [7, 11) is 8.51. The number of hydrogen-bond donors (Lipinski definition) is 3. The van der Waals surface area contributed by atoms with Crippen LogP contribution in [0.1, 0.15) is 94.7 Å². The number of likely N-dealkylation sites (tertiary alicyclic amines) is 2. The highest BCUT2D eigenvalue weighted by molar-refractivity contribution is 5.98. The molecule has 5 saturated heterocycles. The van der Waals surface area contributed by atoms with E-state index in [4.69, 9.17) is 22.1 Å². The summed E-state index contributed by atoms with van der Waals surface area (Å²) in [5, 5.41) is 21.4. The molecule has 15 aromatic heterocycles. The Morgan fingerprint density at radius 1 is 0.359 bits per heavy atom. The fraction of sp³-hybridized carbons (Fsp3) is 0.306. The van der Waals surface area contributed by atoms with E-state index in [0.29, 0.717) is 82.2 Å². The number of hydrogen-bond acceptors (Lipinski definition) is 27. The summed E-state index contributed by atoms with van der Waals surface area (Å²) >= 11 is 0. The Labute approximate surface area is 832 Å². The highest BCUT2D eigenvalue weighted by atomic mass is 16.4. The maximum Gasteiger partial charge on any atom is 0.272 e. The third-order valence-corrected chi connectivity index (χ3v) is 27.5. The summed E-state index contributed by atoms with van der Waals surface area (Å²) in [6, 6.07) is 50.1. The van der Waals surface area contributed by atoms with Crippen LogP contribution in [-0.2, 0) is 0 Å². The second kappa shape index (κ2) is 40.8. The molecule has 5 fully saturated rings. The highest BCUT2D eigenvalue weighted by Gasteiger charge is 2.38. The maximum absolute atomic E-state index is 13.2. The number of nitrogens with one attached hydrogen (secondary N) is 1. The maximum atomic E-state index is 13.2. The average molecular weight is 1950 g/mol. The van der Waals surface area contributed by atoms with Crippen molar-refractivity contribution in [3.05, 3.63) is 272 Å². The van der Waals surface area contributed by atoms with Crippen molar-refractivity contribution in [2.24, 2.45) is 0 Å². The molecule has 0 unspecified atom stereocenters. The number of amides is 5. The lowest BCUT2D eigenvalue weighted by Crippen LogP contribution is -2.64. The predicted octanol–water partition coefficient (Wildman–Crippen LogP) is 13.4. The van der Waals surface area contributed by atoms with E-state index < -0.39 is 0 Å². The fourth-order valence-electron chi connectivity index (χ4n) is 19.2. The molecule has 37 nitrogen and oxygen atoms in total. The Morgan fingerprint density at radius 3 is 0.986 bits per heavy atom. The molecule has 0 saturated carbocycles. The number of rotatable bonds is 19. The van der Waals surface area contributed by atoms with Gasteiger partial charge < -0.3 is 71.9 Å². The number of aryl methyl sites for hydroxylation is 5.